The maximum absolute atomic E-state index is 11.8. The van der Waals surface area contributed by atoms with Crippen LogP contribution in [0.25, 0.3) is 0 Å². The number of aromatic carboxylic acids is 1. The van der Waals surface area contributed by atoms with Crippen molar-refractivity contribution in [3.8, 4) is 0 Å². The lowest BCUT2D eigenvalue weighted by Crippen LogP contribution is -2.24. The number of rotatable bonds is 4. The molecule has 0 aliphatic rings. The second-order valence-corrected chi connectivity index (χ2v) is 4.93. The summed E-state index contributed by atoms with van der Waals surface area (Å²) in [5.41, 5.74) is 0.522. The van der Waals surface area contributed by atoms with E-state index < -0.39 is 5.97 Å². The molecule has 1 atom stereocenters. The van der Waals surface area contributed by atoms with Crippen LogP contribution in [0.4, 0.5) is 5.69 Å². The van der Waals surface area contributed by atoms with Gasteiger partial charge in [-0.1, -0.05) is 32.4 Å². The minimum Gasteiger partial charge on any atom is -0.478 e. The molecule has 0 spiro atoms. The molecule has 0 aliphatic heterocycles. The van der Waals surface area contributed by atoms with Crippen molar-refractivity contribution < 1.29 is 14.7 Å². The Balaban J connectivity index is 2.86. The Morgan fingerprint density at radius 1 is 1.28 bits per heavy atom. The number of nitrogens with one attached hydrogen (secondary N) is 1. The molecule has 18 heavy (non-hydrogen) atoms. The third-order valence-electron chi connectivity index (χ3n) is 2.89. The molecule has 98 valence electrons. The van der Waals surface area contributed by atoms with Gasteiger partial charge >= 0.3 is 5.97 Å². The van der Waals surface area contributed by atoms with Gasteiger partial charge in [0.25, 0.3) is 0 Å². The number of anilines is 1. The van der Waals surface area contributed by atoms with Crippen LogP contribution in [0.1, 0.15) is 31.1 Å². The van der Waals surface area contributed by atoms with Crippen molar-refractivity contribution in [1.29, 1.82) is 0 Å². The van der Waals surface area contributed by atoms with Gasteiger partial charge in [-0.15, -0.1) is 0 Å². The molecule has 0 bridgehead atoms. The summed E-state index contributed by atoms with van der Waals surface area (Å²) in [7, 11) is 0. The summed E-state index contributed by atoms with van der Waals surface area (Å²) in [6, 6.07) is 4.22. The first-order valence-electron chi connectivity index (χ1n) is 5.66. The van der Waals surface area contributed by atoms with E-state index in [9.17, 15) is 9.59 Å². The van der Waals surface area contributed by atoms with Gasteiger partial charge in [0.1, 0.15) is 0 Å². The fraction of sp³-hybridized carbons (Fsp3) is 0.385. The van der Waals surface area contributed by atoms with E-state index in [1.165, 1.54) is 18.2 Å². The number of hydrogen-bond donors (Lipinski definition) is 2. The second kappa shape index (κ2) is 5.87. The van der Waals surface area contributed by atoms with Crippen LogP contribution in [-0.4, -0.2) is 17.0 Å². The molecular formula is C13H16ClNO3. The molecule has 1 rings (SSSR count). The summed E-state index contributed by atoms with van der Waals surface area (Å²) < 4.78 is 0. The zero-order valence-corrected chi connectivity index (χ0v) is 11.3. The summed E-state index contributed by atoms with van der Waals surface area (Å²) in [5.74, 6) is -1.09. The first kappa shape index (κ1) is 14.5. The van der Waals surface area contributed by atoms with Crippen LogP contribution in [0.3, 0.4) is 0 Å². The summed E-state index contributed by atoms with van der Waals surface area (Å²) in [6.07, 6.45) is 0. The quantitative estimate of drug-likeness (QED) is 0.882. The highest BCUT2D eigenvalue weighted by molar-refractivity contribution is 6.34. The standard InChI is InChI=1S/C13H16ClNO3/c1-7(2)8(3)12(16)15-11-5-4-9(13(17)18)6-10(11)14/h4-8H,1-3H3,(H,15,16)(H,17,18). The first-order chi connectivity index (χ1) is 8.32. The van der Waals surface area contributed by atoms with E-state index in [2.05, 4.69) is 5.32 Å². The number of amides is 1. The van der Waals surface area contributed by atoms with Crippen LogP contribution in [0.5, 0.6) is 0 Å². The van der Waals surface area contributed by atoms with Gasteiger partial charge in [-0.3, -0.25) is 4.79 Å². The van der Waals surface area contributed by atoms with Gasteiger partial charge in [0, 0.05) is 5.92 Å². The van der Waals surface area contributed by atoms with Gasteiger partial charge in [0.15, 0.2) is 0 Å². The van der Waals surface area contributed by atoms with Crippen molar-refractivity contribution >= 4 is 29.2 Å². The molecule has 1 aromatic rings. The fourth-order valence-electron chi connectivity index (χ4n) is 1.30. The molecule has 1 amide bonds. The van der Waals surface area contributed by atoms with Crippen molar-refractivity contribution in [1.82, 2.24) is 0 Å². The molecule has 1 unspecified atom stereocenters. The third kappa shape index (κ3) is 3.47. The normalized spacial score (nSPS) is 12.3. The summed E-state index contributed by atoms with van der Waals surface area (Å²) in [5, 5.41) is 11.7. The maximum Gasteiger partial charge on any atom is 0.335 e. The van der Waals surface area contributed by atoms with Crippen molar-refractivity contribution in [3.05, 3.63) is 28.8 Å². The van der Waals surface area contributed by atoms with Crippen molar-refractivity contribution in [3.63, 3.8) is 0 Å². The lowest BCUT2D eigenvalue weighted by molar-refractivity contribution is -0.120. The Hall–Kier alpha value is -1.55. The number of carboxylic acid groups (broad SMARTS) is 1. The Morgan fingerprint density at radius 3 is 2.33 bits per heavy atom. The van der Waals surface area contributed by atoms with Crippen LogP contribution in [-0.2, 0) is 4.79 Å². The van der Waals surface area contributed by atoms with E-state index >= 15 is 0 Å². The molecule has 0 fully saturated rings. The molecule has 0 heterocycles. The number of halogens is 1. The van der Waals surface area contributed by atoms with Gasteiger partial charge in [0.05, 0.1) is 16.3 Å². The molecule has 2 N–H and O–H groups in total. The summed E-state index contributed by atoms with van der Waals surface area (Å²) in [4.78, 5) is 22.6. The predicted octanol–water partition coefficient (Wildman–Crippen LogP) is 3.27. The molecule has 1 aromatic carbocycles. The van der Waals surface area contributed by atoms with E-state index in [-0.39, 0.29) is 28.3 Å². The highest BCUT2D eigenvalue weighted by Gasteiger charge is 2.18. The smallest absolute Gasteiger partial charge is 0.335 e. The van der Waals surface area contributed by atoms with E-state index in [4.69, 9.17) is 16.7 Å². The second-order valence-electron chi connectivity index (χ2n) is 4.52. The van der Waals surface area contributed by atoms with Crippen molar-refractivity contribution in [2.24, 2.45) is 11.8 Å². The van der Waals surface area contributed by atoms with E-state index in [1.807, 2.05) is 20.8 Å². The molecule has 5 heteroatoms. The largest absolute Gasteiger partial charge is 0.478 e. The zero-order valence-electron chi connectivity index (χ0n) is 10.5. The number of hydrogen-bond acceptors (Lipinski definition) is 2. The minimum atomic E-state index is -1.05. The predicted molar refractivity (Wildman–Crippen MR) is 71.0 cm³/mol. The highest BCUT2D eigenvalue weighted by atomic mass is 35.5. The third-order valence-corrected chi connectivity index (χ3v) is 3.20. The average molecular weight is 270 g/mol. The Kier molecular flexibility index (Phi) is 4.73. The van der Waals surface area contributed by atoms with Crippen molar-refractivity contribution in [2.75, 3.05) is 5.32 Å². The van der Waals surface area contributed by atoms with Gasteiger partial charge in [-0.05, 0) is 24.1 Å². The Bertz CT molecular complexity index is 471. The van der Waals surface area contributed by atoms with E-state index in [1.54, 1.807) is 0 Å². The monoisotopic (exact) mass is 269 g/mol. The summed E-state index contributed by atoms with van der Waals surface area (Å²) in [6.45, 7) is 5.75. The topological polar surface area (TPSA) is 66.4 Å². The van der Waals surface area contributed by atoms with E-state index in [0.717, 1.165) is 0 Å². The van der Waals surface area contributed by atoms with Gasteiger partial charge in [-0.25, -0.2) is 4.79 Å². The number of carbonyl (C=O) groups is 2. The van der Waals surface area contributed by atoms with Crippen LogP contribution in [0, 0.1) is 11.8 Å². The molecule has 0 saturated carbocycles. The zero-order chi connectivity index (χ0) is 13.9. The van der Waals surface area contributed by atoms with Gasteiger partial charge in [0.2, 0.25) is 5.91 Å². The lowest BCUT2D eigenvalue weighted by Gasteiger charge is -2.16. The van der Waals surface area contributed by atoms with Gasteiger partial charge < -0.3 is 10.4 Å². The van der Waals surface area contributed by atoms with Crippen LogP contribution in [0.2, 0.25) is 5.02 Å². The molecule has 4 nitrogen and oxygen atoms in total. The van der Waals surface area contributed by atoms with E-state index in [0.29, 0.717) is 5.69 Å². The Labute approximate surface area is 111 Å². The average Bonchev–Trinajstić information content (AvgIpc) is 2.30. The molecule has 0 aliphatic carbocycles. The fourth-order valence-corrected chi connectivity index (χ4v) is 1.53. The van der Waals surface area contributed by atoms with Crippen LogP contribution >= 0.6 is 11.6 Å². The number of benzene rings is 1. The maximum atomic E-state index is 11.8. The summed E-state index contributed by atoms with van der Waals surface area (Å²) >= 11 is 5.92. The molecular weight excluding hydrogens is 254 g/mol. The van der Waals surface area contributed by atoms with Crippen LogP contribution in [0.15, 0.2) is 18.2 Å². The molecule has 0 radical (unpaired) electrons. The SMILES string of the molecule is CC(C)C(C)C(=O)Nc1ccc(C(=O)O)cc1Cl. The Morgan fingerprint density at radius 2 is 1.89 bits per heavy atom. The highest BCUT2D eigenvalue weighted by Crippen LogP contribution is 2.24. The van der Waals surface area contributed by atoms with Gasteiger partial charge in [-0.2, -0.15) is 0 Å². The molecule has 0 aromatic heterocycles. The number of carboxylic acids is 1. The molecule has 0 saturated heterocycles. The van der Waals surface area contributed by atoms with Crippen molar-refractivity contribution in [2.45, 2.75) is 20.8 Å². The van der Waals surface area contributed by atoms with Crippen LogP contribution < -0.4 is 5.32 Å². The minimum absolute atomic E-state index is 0.0925. The lowest BCUT2D eigenvalue weighted by atomic mass is 9.97. The number of carbonyl (C=O) groups excluding carboxylic acids is 1. The first-order valence-corrected chi connectivity index (χ1v) is 6.04.